The molecule has 0 N–H and O–H groups in total. The average molecular weight is 574 g/mol. The monoisotopic (exact) mass is 573 g/mol. The largest absolute Gasteiger partial charge is 0.497 e. The Morgan fingerprint density at radius 1 is 0.952 bits per heavy atom. The van der Waals surface area contributed by atoms with E-state index < -0.39 is 11.7 Å². The van der Waals surface area contributed by atoms with Crippen LogP contribution in [0, 0.1) is 5.82 Å². The molecule has 2 aromatic carbocycles. The van der Waals surface area contributed by atoms with Crippen LogP contribution in [0.25, 0.3) is 11.3 Å². The van der Waals surface area contributed by atoms with Gasteiger partial charge in [0.1, 0.15) is 29.6 Å². The Hall–Kier alpha value is -4.93. The number of furan rings is 1. The lowest BCUT2D eigenvalue weighted by molar-refractivity contribution is -0.131. The minimum Gasteiger partial charge on any atom is -0.497 e. The summed E-state index contributed by atoms with van der Waals surface area (Å²) in [6.45, 7) is 2.04. The Labute approximate surface area is 243 Å². The Morgan fingerprint density at radius 2 is 1.81 bits per heavy atom. The standard InChI is InChI=1S/C31H32FN5O5/c1-40-22-10-11-25(28(19-22)41-2)27-12-13-29(34-33-27)35-14-6-15-36(17-16-35)30(38)21-37(20-23-7-5-18-42-23)31(39)24-8-3-4-9-26(24)32/h3-5,7-13,18-19H,6,14-17,20-21H2,1-2H3. The van der Waals surface area contributed by atoms with E-state index in [1.807, 2.05) is 24.3 Å². The minimum atomic E-state index is -0.637. The molecule has 0 unspecified atom stereocenters. The molecule has 0 radical (unpaired) electrons. The fourth-order valence-electron chi connectivity index (χ4n) is 4.90. The molecule has 0 bridgehead atoms. The first-order valence-corrected chi connectivity index (χ1v) is 13.6. The topological polar surface area (TPSA) is 101 Å². The smallest absolute Gasteiger partial charge is 0.257 e. The predicted molar refractivity (Wildman–Crippen MR) is 154 cm³/mol. The van der Waals surface area contributed by atoms with E-state index in [0.29, 0.717) is 61.4 Å². The second-order valence-corrected chi connectivity index (χ2v) is 9.78. The Morgan fingerprint density at radius 3 is 2.52 bits per heavy atom. The average Bonchev–Trinajstić information content (AvgIpc) is 3.41. The number of carbonyl (C=O) groups excluding carboxylic acids is 2. The summed E-state index contributed by atoms with van der Waals surface area (Å²) in [5, 5.41) is 8.88. The molecular formula is C31H32FN5O5. The van der Waals surface area contributed by atoms with Crippen LogP contribution >= 0.6 is 0 Å². The number of ether oxygens (including phenoxy) is 2. The second-order valence-electron chi connectivity index (χ2n) is 9.78. The van der Waals surface area contributed by atoms with E-state index in [2.05, 4.69) is 15.1 Å². The number of carbonyl (C=O) groups is 2. The van der Waals surface area contributed by atoms with Crippen molar-refractivity contribution in [3.8, 4) is 22.8 Å². The van der Waals surface area contributed by atoms with Gasteiger partial charge < -0.3 is 28.6 Å². The maximum absolute atomic E-state index is 14.4. The summed E-state index contributed by atoms with van der Waals surface area (Å²) < 4.78 is 30.6. The van der Waals surface area contributed by atoms with Gasteiger partial charge in [0.05, 0.1) is 38.3 Å². The van der Waals surface area contributed by atoms with Gasteiger partial charge in [-0.2, -0.15) is 0 Å². The number of methoxy groups -OCH3 is 2. The van der Waals surface area contributed by atoms with Crippen molar-refractivity contribution in [1.82, 2.24) is 20.0 Å². The second kappa shape index (κ2) is 13.2. The Kier molecular flexibility index (Phi) is 8.96. The highest BCUT2D eigenvalue weighted by atomic mass is 19.1. The lowest BCUT2D eigenvalue weighted by atomic mass is 10.1. The zero-order valence-electron chi connectivity index (χ0n) is 23.5. The van der Waals surface area contributed by atoms with Gasteiger partial charge in [0.25, 0.3) is 5.91 Å². The van der Waals surface area contributed by atoms with Crippen molar-refractivity contribution in [3.05, 3.63) is 90.1 Å². The van der Waals surface area contributed by atoms with Crippen LogP contribution in [0.3, 0.4) is 0 Å². The van der Waals surface area contributed by atoms with Crippen LogP contribution in [0.5, 0.6) is 11.5 Å². The van der Waals surface area contributed by atoms with Crippen molar-refractivity contribution in [1.29, 1.82) is 0 Å². The van der Waals surface area contributed by atoms with Crippen LogP contribution in [0.4, 0.5) is 10.2 Å². The van der Waals surface area contributed by atoms with Gasteiger partial charge in [0, 0.05) is 37.8 Å². The van der Waals surface area contributed by atoms with Crippen LogP contribution in [0.15, 0.2) is 77.4 Å². The molecule has 3 heterocycles. The number of aromatic nitrogens is 2. The van der Waals surface area contributed by atoms with E-state index in [4.69, 9.17) is 13.9 Å². The van der Waals surface area contributed by atoms with Gasteiger partial charge in [-0.25, -0.2) is 4.39 Å². The molecule has 5 rings (SSSR count). The highest BCUT2D eigenvalue weighted by molar-refractivity contribution is 5.96. The number of hydrogen-bond donors (Lipinski definition) is 0. The molecule has 1 aliphatic heterocycles. The quantitative estimate of drug-likeness (QED) is 0.293. The first-order chi connectivity index (χ1) is 20.5. The zero-order valence-corrected chi connectivity index (χ0v) is 23.5. The number of anilines is 1. The zero-order chi connectivity index (χ0) is 29.5. The molecular weight excluding hydrogens is 541 g/mol. The molecule has 1 fully saturated rings. The molecule has 4 aromatic rings. The maximum atomic E-state index is 14.4. The lowest BCUT2D eigenvalue weighted by Crippen LogP contribution is -2.44. The van der Waals surface area contributed by atoms with Gasteiger partial charge in [0.15, 0.2) is 5.82 Å². The van der Waals surface area contributed by atoms with Gasteiger partial charge >= 0.3 is 0 Å². The van der Waals surface area contributed by atoms with E-state index in [1.54, 1.807) is 43.4 Å². The summed E-state index contributed by atoms with van der Waals surface area (Å²) in [6, 6.07) is 18.5. The summed E-state index contributed by atoms with van der Waals surface area (Å²) in [4.78, 5) is 31.8. The molecule has 2 aromatic heterocycles. The molecule has 10 nitrogen and oxygen atoms in total. The number of halogens is 1. The summed E-state index contributed by atoms with van der Waals surface area (Å²) in [5.74, 6) is 1.10. The van der Waals surface area contributed by atoms with Gasteiger partial charge in [-0.05, 0) is 55.0 Å². The summed E-state index contributed by atoms with van der Waals surface area (Å²) in [7, 11) is 3.19. The Balaban J connectivity index is 1.25. The Bertz CT molecular complexity index is 1510. The van der Waals surface area contributed by atoms with Gasteiger partial charge in [-0.3, -0.25) is 9.59 Å². The first-order valence-electron chi connectivity index (χ1n) is 13.6. The molecule has 0 atom stereocenters. The molecule has 0 aliphatic carbocycles. The highest BCUT2D eigenvalue weighted by Gasteiger charge is 2.27. The fourth-order valence-corrected chi connectivity index (χ4v) is 4.90. The third-order valence-electron chi connectivity index (χ3n) is 7.15. The van der Waals surface area contributed by atoms with Crippen molar-refractivity contribution < 1.29 is 27.9 Å². The number of amides is 2. The molecule has 0 saturated carbocycles. The minimum absolute atomic E-state index is 0.0484. The molecule has 11 heteroatoms. The van der Waals surface area contributed by atoms with E-state index in [1.165, 1.54) is 29.4 Å². The van der Waals surface area contributed by atoms with E-state index in [0.717, 1.165) is 5.56 Å². The fraction of sp³-hybridized carbons (Fsp3) is 0.290. The van der Waals surface area contributed by atoms with Crippen molar-refractivity contribution in [2.24, 2.45) is 0 Å². The van der Waals surface area contributed by atoms with Crippen LogP contribution in [-0.4, -0.2) is 78.8 Å². The van der Waals surface area contributed by atoms with Crippen LogP contribution in [0.2, 0.25) is 0 Å². The van der Waals surface area contributed by atoms with Gasteiger partial charge in [-0.1, -0.05) is 12.1 Å². The molecule has 218 valence electrons. The normalized spacial score (nSPS) is 13.4. The van der Waals surface area contributed by atoms with Crippen molar-refractivity contribution in [2.45, 2.75) is 13.0 Å². The van der Waals surface area contributed by atoms with Gasteiger partial charge in [0.2, 0.25) is 5.91 Å². The first kappa shape index (κ1) is 28.6. The number of rotatable bonds is 9. The highest BCUT2D eigenvalue weighted by Crippen LogP contribution is 2.32. The molecule has 1 saturated heterocycles. The third kappa shape index (κ3) is 6.51. The third-order valence-corrected chi connectivity index (χ3v) is 7.15. The van der Waals surface area contributed by atoms with Crippen molar-refractivity contribution in [2.75, 3.05) is 51.8 Å². The number of hydrogen-bond acceptors (Lipinski definition) is 8. The van der Waals surface area contributed by atoms with Crippen LogP contribution < -0.4 is 14.4 Å². The maximum Gasteiger partial charge on any atom is 0.257 e. The molecule has 42 heavy (non-hydrogen) atoms. The predicted octanol–water partition coefficient (Wildman–Crippen LogP) is 4.27. The van der Waals surface area contributed by atoms with Crippen LogP contribution in [0.1, 0.15) is 22.5 Å². The number of nitrogens with zero attached hydrogens (tertiary/aromatic N) is 5. The van der Waals surface area contributed by atoms with E-state index in [9.17, 15) is 14.0 Å². The van der Waals surface area contributed by atoms with Crippen molar-refractivity contribution >= 4 is 17.6 Å². The number of benzene rings is 2. The van der Waals surface area contributed by atoms with Gasteiger partial charge in [-0.15, -0.1) is 10.2 Å². The summed E-state index contributed by atoms with van der Waals surface area (Å²) in [5.41, 5.74) is 1.38. The SMILES string of the molecule is COc1ccc(-c2ccc(N3CCCN(C(=O)CN(Cc4ccco4)C(=O)c4ccccc4F)CC3)nn2)c(OC)c1. The lowest BCUT2D eigenvalue weighted by Gasteiger charge is -2.27. The molecule has 0 spiro atoms. The molecule has 1 aliphatic rings. The molecule has 2 amide bonds. The summed E-state index contributed by atoms with van der Waals surface area (Å²) in [6.07, 6.45) is 2.20. The van der Waals surface area contributed by atoms with E-state index >= 15 is 0 Å². The van der Waals surface area contributed by atoms with E-state index in [-0.39, 0.29) is 24.6 Å². The van der Waals surface area contributed by atoms with Crippen LogP contribution in [-0.2, 0) is 11.3 Å². The summed E-state index contributed by atoms with van der Waals surface area (Å²) >= 11 is 0. The van der Waals surface area contributed by atoms with Crippen molar-refractivity contribution in [3.63, 3.8) is 0 Å².